The van der Waals surface area contributed by atoms with Crippen molar-refractivity contribution >= 4 is 17.6 Å². The Bertz CT molecular complexity index is 601. The molecular weight excluding hydrogens is 257 g/mol. The molecule has 3 nitrogen and oxygen atoms in total. The van der Waals surface area contributed by atoms with Gasteiger partial charge >= 0.3 is 5.97 Å². The van der Waals surface area contributed by atoms with Gasteiger partial charge in [-0.05, 0) is 18.2 Å². The van der Waals surface area contributed by atoms with Crippen LogP contribution in [0.2, 0.25) is 5.02 Å². The lowest BCUT2D eigenvalue weighted by Gasteiger charge is -2.08. The number of nitrogens with zero attached hydrogens (tertiary/aromatic N) is 1. The number of benzene rings is 1. The van der Waals surface area contributed by atoms with Crippen molar-refractivity contribution in [1.29, 1.82) is 0 Å². The summed E-state index contributed by atoms with van der Waals surface area (Å²) in [7, 11) is 1.25. The van der Waals surface area contributed by atoms with Crippen LogP contribution in [0.25, 0.3) is 11.3 Å². The molecule has 0 saturated carbocycles. The number of carbonyl (C=O) groups excluding carboxylic acids is 1. The minimum Gasteiger partial charge on any atom is -0.465 e. The molecule has 1 aromatic heterocycles. The van der Waals surface area contributed by atoms with Crippen molar-refractivity contribution in [3.05, 3.63) is 52.9 Å². The van der Waals surface area contributed by atoms with Gasteiger partial charge in [-0.15, -0.1) is 0 Å². The lowest BCUT2D eigenvalue weighted by molar-refractivity contribution is 0.0601. The molecule has 18 heavy (non-hydrogen) atoms. The molecule has 2 aromatic rings. The van der Waals surface area contributed by atoms with Crippen LogP contribution in [0.3, 0.4) is 0 Å². The fraction of sp³-hybridized carbons (Fsp3) is 0.0769. The summed E-state index contributed by atoms with van der Waals surface area (Å²) in [6, 6.07) is 7.26. The Morgan fingerprint density at radius 3 is 2.83 bits per heavy atom. The van der Waals surface area contributed by atoms with Gasteiger partial charge in [0.2, 0.25) is 0 Å². The first-order valence-electron chi connectivity index (χ1n) is 5.12. The molecule has 0 radical (unpaired) electrons. The Labute approximate surface area is 108 Å². The van der Waals surface area contributed by atoms with Crippen molar-refractivity contribution < 1.29 is 13.9 Å². The number of methoxy groups -OCH3 is 1. The number of rotatable bonds is 2. The Balaban J connectivity index is 2.64. The molecule has 1 heterocycles. The minimum atomic E-state index is -0.604. The summed E-state index contributed by atoms with van der Waals surface area (Å²) in [6.45, 7) is 0. The lowest BCUT2D eigenvalue weighted by Crippen LogP contribution is -2.06. The summed E-state index contributed by atoms with van der Waals surface area (Å²) < 4.78 is 17.8. The predicted molar refractivity (Wildman–Crippen MR) is 66.0 cm³/mol. The summed E-state index contributed by atoms with van der Waals surface area (Å²) in [5, 5.41) is 0.219. The molecule has 0 aliphatic heterocycles. The molecule has 0 N–H and O–H groups in total. The molecule has 0 unspecified atom stereocenters. The molecule has 0 saturated heterocycles. The maximum Gasteiger partial charge on any atom is 0.341 e. The van der Waals surface area contributed by atoms with E-state index in [0.29, 0.717) is 11.3 Å². The van der Waals surface area contributed by atoms with Crippen LogP contribution >= 0.6 is 11.6 Å². The van der Waals surface area contributed by atoms with E-state index in [4.69, 9.17) is 11.6 Å². The molecular formula is C13H9ClFNO2. The van der Waals surface area contributed by atoms with E-state index in [1.807, 2.05) is 0 Å². The van der Waals surface area contributed by atoms with Crippen LogP contribution in [0, 0.1) is 5.82 Å². The summed E-state index contributed by atoms with van der Waals surface area (Å²) in [6.07, 6.45) is 1.45. The maximum atomic E-state index is 13.2. The fourth-order valence-electron chi connectivity index (χ4n) is 1.59. The molecule has 0 fully saturated rings. The number of ether oxygens (including phenoxy) is 1. The van der Waals surface area contributed by atoms with Crippen LogP contribution in [0.1, 0.15) is 10.4 Å². The third-order valence-corrected chi connectivity index (χ3v) is 2.70. The van der Waals surface area contributed by atoms with Crippen molar-refractivity contribution in [3.63, 3.8) is 0 Å². The molecule has 0 aliphatic carbocycles. The first-order valence-corrected chi connectivity index (χ1v) is 5.50. The lowest BCUT2D eigenvalue weighted by atomic mass is 10.1. The molecule has 0 bridgehead atoms. The highest BCUT2D eigenvalue weighted by Gasteiger charge is 2.18. The Morgan fingerprint density at radius 1 is 1.39 bits per heavy atom. The van der Waals surface area contributed by atoms with E-state index in [-0.39, 0.29) is 10.6 Å². The third kappa shape index (κ3) is 2.33. The highest BCUT2D eigenvalue weighted by molar-refractivity contribution is 6.34. The zero-order chi connectivity index (χ0) is 13.1. The molecule has 0 amide bonds. The van der Waals surface area contributed by atoms with Gasteiger partial charge < -0.3 is 4.74 Å². The van der Waals surface area contributed by atoms with E-state index < -0.39 is 11.8 Å². The highest BCUT2D eigenvalue weighted by Crippen LogP contribution is 2.27. The monoisotopic (exact) mass is 265 g/mol. The number of esters is 1. The van der Waals surface area contributed by atoms with E-state index in [9.17, 15) is 9.18 Å². The third-order valence-electron chi connectivity index (χ3n) is 2.39. The van der Waals surface area contributed by atoms with Crippen LogP contribution in [0.4, 0.5) is 4.39 Å². The standard InChI is InChI=1S/C13H9ClFNO2/c1-18-13(17)11-10(14)5-6-16-12(11)8-3-2-4-9(15)7-8/h2-7H,1H3. The number of pyridine rings is 1. The number of hydrogen-bond acceptors (Lipinski definition) is 3. The summed E-state index contributed by atoms with van der Waals surface area (Å²) in [5.74, 6) is -1.02. The second-order valence-corrected chi connectivity index (χ2v) is 3.93. The van der Waals surface area contributed by atoms with Crippen molar-refractivity contribution in [1.82, 2.24) is 4.98 Å². The van der Waals surface area contributed by atoms with Gasteiger partial charge in [0.1, 0.15) is 11.4 Å². The van der Waals surface area contributed by atoms with Gasteiger partial charge in [0.15, 0.2) is 0 Å². The van der Waals surface area contributed by atoms with Crippen molar-refractivity contribution in [2.45, 2.75) is 0 Å². The van der Waals surface area contributed by atoms with Gasteiger partial charge in [-0.3, -0.25) is 4.98 Å². The van der Waals surface area contributed by atoms with Gasteiger partial charge in [-0.2, -0.15) is 0 Å². The molecule has 1 aromatic carbocycles. The average molecular weight is 266 g/mol. The van der Waals surface area contributed by atoms with E-state index in [2.05, 4.69) is 9.72 Å². The summed E-state index contributed by atoms with van der Waals surface area (Å²) in [4.78, 5) is 15.7. The van der Waals surface area contributed by atoms with Crippen LogP contribution < -0.4 is 0 Å². The minimum absolute atomic E-state index is 0.132. The first kappa shape index (κ1) is 12.5. The van der Waals surface area contributed by atoms with E-state index in [0.717, 1.165) is 0 Å². The second-order valence-electron chi connectivity index (χ2n) is 3.52. The van der Waals surface area contributed by atoms with Gasteiger partial charge in [0, 0.05) is 11.8 Å². The second kappa shape index (κ2) is 5.14. The number of carbonyl (C=O) groups is 1. The zero-order valence-corrected chi connectivity index (χ0v) is 10.2. The number of hydrogen-bond donors (Lipinski definition) is 0. The predicted octanol–water partition coefficient (Wildman–Crippen LogP) is 3.33. The SMILES string of the molecule is COC(=O)c1c(Cl)ccnc1-c1cccc(F)c1. The maximum absolute atomic E-state index is 13.2. The molecule has 0 spiro atoms. The number of aromatic nitrogens is 1. The van der Waals surface area contributed by atoms with Gasteiger partial charge in [-0.25, -0.2) is 9.18 Å². The van der Waals surface area contributed by atoms with Crippen LogP contribution in [0.5, 0.6) is 0 Å². The van der Waals surface area contributed by atoms with Gasteiger partial charge in [-0.1, -0.05) is 23.7 Å². The summed E-state index contributed by atoms with van der Waals surface area (Å²) in [5.41, 5.74) is 0.902. The van der Waals surface area contributed by atoms with Crippen molar-refractivity contribution in [2.24, 2.45) is 0 Å². The van der Waals surface area contributed by atoms with Crippen LogP contribution in [-0.4, -0.2) is 18.1 Å². The molecule has 92 valence electrons. The molecule has 2 rings (SSSR count). The van der Waals surface area contributed by atoms with Crippen molar-refractivity contribution in [2.75, 3.05) is 7.11 Å². The van der Waals surface area contributed by atoms with Gasteiger partial charge in [0.25, 0.3) is 0 Å². The average Bonchev–Trinajstić information content (AvgIpc) is 2.37. The Kier molecular flexibility index (Phi) is 3.58. The van der Waals surface area contributed by atoms with Crippen LogP contribution in [-0.2, 0) is 4.74 Å². The summed E-state index contributed by atoms with van der Waals surface area (Å²) >= 11 is 5.96. The van der Waals surface area contributed by atoms with Crippen LogP contribution in [0.15, 0.2) is 36.5 Å². The largest absolute Gasteiger partial charge is 0.465 e. The van der Waals surface area contributed by atoms with E-state index in [1.165, 1.54) is 37.6 Å². The quantitative estimate of drug-likeness (QED) is 0.782. The number of halogens is 2. The zero-order valence-electron chi connectivity index (χ0n) is 9.48. The molecule has 0 aliphatic rings. The Morgan fingerprint density at radius 2 is 2.17 bits per heavy atom. The molecule has 0 atom stereocenters. The van der Waals surface area contributed by atoms with E-state index >= 15 is 0 Å². The Hall–Kier alpha value is -1.94. The molecule has 5 heteroatoms. The van der Waals surface area contributed by atoms with E-state index in [1.54, 1.807) is 6.07 Å². The topological polar surface area (TPSA) is 39.2 Å². The normalized spacial score (nSPS) is 10.2. The highest BCUT2D eigenvalue weighted by atomic mass is 35.5. The first-order chi connectivity index (χ1) is 8.63. The smallest absolute Gasteiger partial charge is 0.341 e. The van der Waals surface area contributed by atoms with Gasteiger partial charge in [0.05, 0.1) is 17.8 Å². The van der Waals surface area contributed by atoms with Crippen molar-refractivity contribution in [3.8, 4) is 11.3 Å². The fourth-order valence-corrected chi connectivity index (χ4v) is 1.81.